The first kappa shape index (κ1) is 39.9. The largest absolute Gasteiger partial charge is 0.496 e. The van der Waals surface area contributed by atoms with Crippen LogP contribution in [0.1, 0.15) is 122 Å². The Morgan fingerprint density at radius 2 is 1.48 bits per heavy atom. The second kappa shape index (κ2) is 20.8. The second-order valence-electron chi connectivity index (χ2n) is 13.9. The van der Waals surface area contributed by atoms with Gasteiger partial charge in [-0.15, -0.1) is 28.0 Å². The van der Waals surface area contributed by atoms with Gasteiger partial charge in [0.1, 0.15) is 17.6 Å². The van der Waals surface area contributed by atoms with E-state index in [1.165, 1.54) is 86.9 Å². The van der Waals surface area contributed by atoms with Crippen molar-refractivity contribution in [2.24, 2.45) is 0 Å². The molecule has 0 radical (unpaired) electrons. The molecular formula is C44H53N5O2S. The minimum Gasteiger partial charge on any atom is -0.496 e. The lowest BCUT2D eigenvalue weighted by atomic mass is 9.91. The molecule has 0 fully saturated rings. The molecule has 272 valence electrons. The number of unbranched alkanes of at least 4 members (excludes halogenated alkanes) is 10. The Labute approximate surface area is 315 Å². The number of nitrogens with zero attached hydrogens (tertiary/aromatic N) is 5. The van der Waals surface area contributed by atoms with Crippen LogP contribution in [-0.4, -0.2) is 40.0 Å². The van der Waals surface area contributed by atoms with Crippen molar-refractivity contribution in [2.45, 2.75) is 117 Å². The summed E-state index contributed by atoms with van der Waals surface area (Å²) in [6.07, 6.45) is 25.6. The summed E-state index contributed by atoms with van der Waals surface area (Å²) < 4.78 is 13.2. The van der Waals surface area contributed by atoms with Crippen LogP contribution in [-0.2, 0) is 5.41 Å². The number of fused-ring (bicyclic) bond motifs is 1. The molecule has 0 aliphatic rings. The van der Waals surface area contributed by atoms with Gasteiger partial charge in [-0.1, -0.05) is 98.8 Å². The molecule has 7 nitrogen and oxygen atoms in total. The first-order valence-corrected chi connectivity index (χ1v) is 19.5. The molecule has 1 aromatic carbocycles. The van der Waals surface area contributed by atoms with Crippen molar-refractivity contribution >= 4 is 28.1 Å². The van der Waals surface area contributed by atoms with Gasteiger partial charge in [0.25, 0.3) is 0 Å². The highest BCUT2D eigenvalue weighted by Crippen LogP contribution is 2.33. The third-order valence-corrected chi connectivity index (χ3v) is 9.87. The van der Waals surface area contributed by atoms with E-state index in [1.807, 2.05) is 28.0 Å². The van der Waals surface area contributed by atoms with Crippen LogP contribution in [0.15, 0.2) is 30.3 Å². The van der Waals surface area contributed by atoms with Gasteiger partial charge in [-0.05, 0) is 67.0 Å². The van der Waals surface area contributed by atoms with Crippen LogP contribution in [0.2, 0.25) is 0 Å². The number of anilines is 1. The predicted molar refractivity (Wildman–Crippen MR) is 216 cm³/mol. The van der Waals surface area contributed by atoms with Crippen LogP contribution in [0.5, 0.6) is 11.5 Å². The van der Waals surface area contributed by atoms with E-state index in [-0.39, 0.29) is 5.41 Å². The number of terminal acetylenes is 1. The monoisotopic (exact) mass is 715 g/mol. The van der Waals surface area contributed by atoms with Crippen molar-refractivity contribution < 1.29 is 9.47 Å². The topological polar surface area (TPSA) is 64.8 Å². The standard InChI is InChI=1S/C44H53N5O2S/c1-8-11-14-17-20-23-30-48(31-24-21-18-15-12-9-2)40-29-27-36(52-40)34-38-41(44(4,5)6)47-49-42(45-46-43(38)49)37-33-35(26-28-39(37)50-7)51-32-25-22-19-16-13-10-3/h3,26-29,33-34H,8-9,11-12,14-15,17-18,20-21,23-24,30-31H2,1-2,4-7H3/b38-34-. The fourth-order valence-corrected chi connectivity index (χ4v) is 7.05. The number of rotatable bonds is 19. The summed E-state index contributed by atoms with van der Waals surface area (Å²) in [5.41, 5.74) is 2.10. The fourth-order valence-electron chi connectivity index (χ4n) is 6.05. The predicted octanol–water partition coefficient (Wildman–Crippen LogP) is 9.21. The van der Waals surface area contributed by atoms with E-state index < -0.39 is 0 Å². The van der Waals surface area contributed by atoms with E-state index in [2.05, 4.69) is 110 Å². The van der Waals surface area contributed by atoms with Gasteiger partial charge in [0.05, 0.1) is 23.4 Å². The zero-order valence-electron chi connectivity index (χ0n) is 31.9. The number of thiophene rings is 1. The Balaban J connectivity index is 1.64. The molecular weight excluding hydrogens is 663 g/mol. The maximum absolute atomic E-state index is 5.72. The summed E-state index contributed by atoms with van der Waals surface area (Å²) in [7, 11) is 1.62. The van der Waals surface area contributed by atoms with Gasteiger partial charge in [0, 0.05) is 46.4 Å². The van der Waals surface area contributed by atoms with E-state index in [9.17, 15) is 0 Å². The molecule has 3 heterocycles. The van der Waals surface area contributed by atoms with Crippen molar-refractivity contribution in [1.29, 1.82) is 0 Å². The number of hydrogen-bond acceptors (Lipinski definition) is 7. The van der Waals surface area contributed by atoms with Gasteiger partial charge in [-0.3, -0.25) is 0 Å². The smallest absolute Gasteiger partial charge is 0.189 e. The zero-order valence-corrected chi connectivity index (χ0v) is 32.7. The third kappa shape index (κ3) is 11.6. The summed E-state index contributed by atoms with van der Waals surface area (Å²) in [5.74, 6) is 16.6. The Morgan fingerprint density at radius 3 is 2.13 bits per heavy atom. The van der Waals surface area contributed by atoms with E-state index >= 15 is 0 Å². The number of benzene rings is 1. The summed E-state index contributed by atoms with van der Waals surface area (Å²) in [6, 6.07) is 9.93. The number of methoxy groups -OCH3 is 1. The van der Waals surface area contributed by atoms with Crippen LogP contribution >= 0.6 is 11.3 Å². The highest BCUT2D eigenvalue weighted by molar-refractivity contribution is 7.16. The van der Waals surface area contributed by atoms with Gasteiger partial charge < -0.3 is 14.4 Å². The Bertz CT molecular complexity index is 2010. The minimum atomic E-state index is -0.234. The summed E-state index contributed by atoms with van der Waals surface area (Å²) >= 11 is 1.85. The lowest BCUT2D eigenvalue weighted by Gasteiger charge is -2.23. The van der Waals surface area contributed by atoms with Gasteiger partial charge in [-0.2, -0.15) is 9.61 Å². The van der Waals surface area contributed by atoms with E-state index in [0.717, 1.165) is 24.0 Å². The normalized spacial score (nSPS) is 11.2. The Morgan fingerprint density at radius 1 is 0.827 bits per heavy atom. The van der Waals surface area contributed by atoms with Gasteiger partial charge in [0.15, 0.2) is 11.5 Å². The van der Waals surface area contributed by atoms with Crippen molar-refractivity contribution in [3.05, 3.63) is 46.1 Å². The SMILES string of the molecule is C#CC#CC#CC#COc1ccc(OC)c(-c2nnc3/c(=C\c4ccc(N(CCCCCCCC)CCCCCCCC)s4)c(C(C)(C)C)nn23)c1. The maximum Gasteiger partial charge on any atom is 0.189 e. The first-order valence-electron chi connectivity index (χ1n) is 18.7. The fraction of sp³-hybridized carbons (Fsp3) is 0.477. The van der Waals surface area contributed by atoms with Gasteiger partial charge in [0.2, 0.25) is 0 Å². The summed E-state index contributed by atoms with van der Waals surface area (Å²) in [4.78, 5) is 3.79. The molecule has 0 saturated carbocycles. The number of aromatic nitrogens is 4. The average Bonchev–Trinajstić information content (AvgIpc) is 3.86. The molecule has 0 spiro atoms. The molecule has 0 aliphatic heterocycles. The summed E-state index contributed by atoms with van der Waals surface area (Å²) in [5, 5.41) is 16.7. The van der Waals surface area contributed by atoms with Crippen molar-refractivity contribution in [2.75, 3.05) is 25.1 Å². The van der Waals surface area contributed by atoms with Crippen molar-refractivity contribution in [3.63, 3.8) is 0 Å². The number of ether oxygens (including phenoxy) is 2. The van der Waals surface area contributed by atoms with Crippen LogP contribution in [0.4, 0.5) is 5.00 Å². The van der Waals surface area contributed by atoms with Crippen molar-refractivity contribution in [3.8, 4) is 70.9 Å². The van der Waals surface area contributed by atoms with Gasteiger partial charge in [-0.25, -0.2) is 0 Å². The molecule has 0 unspecified atom stereocenters. The first-order chi connectivity index (χ1) is 25.3. The number of hydrogen-bond donors (Lipinski definition) is 0. The Hall–Kier alpha value is -4.89. The maximum atomic E-state index is 5.72. The molecule has 0 amide bonds. The molecule has 8 heteroatoms. The molecule has 4 rings (SSSR count). The van der Waals surface area contributed by atoms with Gasteiger partial charge >= 0.3 is 0 Å². The molecule has 0 saturated heterocycles. The molecule has 52 heavy (non-hydrogen) atoms. The molecule has 4 aromatic rings. The lowest BCUT2D eigenvalue weighted by Crippen LogP contribution is -2.24. The molecule has 0 aliphatic carbocycles. The lowest BCUT2D eigenvalue weighted by molar-refractivity contribution is 0.414. The second-order valence-corrected chi connectivity index (χ2v) is 15.0. The van der Waals surface area contributed by atoms with E-state index in [0.29, 0.717) is 28.5 Å². The zero-order chi connectivity index (χ0) is 37.2. The highest BCUT2D eigenvalue weighted by Gasteiger charge is 2.25. The molecule has 0 N–H and O–H groups in total. The van der Waals surface area contributed by atoms with Crippen LogP contribution < -0.4 is 19.6 Å². The van der Waals surface area contributed by atoms with Crippen molar-refractivity contribution in [1.82, 2.24) is 19.8 Å². The molecule has 0 bridgehead atoms. The van der Waals surface area contributed by atoms with Crippen LogP contribution in [0.25, 0.3) is 23.1 Å². The highest BCUT2D eigenvalue weighted by atomic mass is 32.1. The third-order valence-electron chi connectivity index (χ3n) is 8.78. The van der Waals surface area contributed by atoms with Crippen LogP contribution in [0.3, 0.4) is 0 Å². The van der Waals surface area contributed by atoms with E-state index in [4.69, 9.17) is 21.0 Å². The molecule has 3 aromatic heterocycles. The quantitative estimate of drug-likeness (QED) is 0.0713. The molecule has 0 atom stereocenters. The average molecular weight is 716 g/mol. The Kier molecular flexibility index (Phi) is 16.0. The summed E-state index contributed by atoms with van der Waals surface area (Å²) in [6.45, 7) is 13.3. The van der Waals surface area contributed by atoms with Crippen LogP contribution in [0, 0.1) is 48.1 Å². The minimum absolute atomic E-state index is 0.234. The van der Waals surface area contributed by atoms with E-state index in [1.54, 1.807) is 13.2 Å².